The third kappa shape index (κ3) is 9.33. The van der Waals surface area contributed by atoms with E-state index in [0.29, 0.717) is 19.3 Å². The summed E-state index contributed by atoms with van der Waals surface area (Å²) in [7, 11) is 0. The number of aliphatic hydroxyl groups excluding tert-OH is 1. The van der Waals surface area contributed by atoms with Gasteiger partial charge in [-0.25, -0.2) is 0 Å². The van der Waals surface area contributed by atoms with E-state index in [2.05, 4.69) is 6.92 Å². The molecule has 0 aromatic carbocycles. The van der Waals surface area contributed by atoms with Crippen molar-refractivity contribution < 1.29 is 19.8 Å². The lowest BCUT2D eigenvalue weighted by atomic mass is 9.90. The van der Waals surface area contributed by atoms with E-state index in [1.165, 1.54) is 0 Å². The molecule has 0 unspecified atom stereocenters. The SMILES string of the molecule is CC/C=C\C[C@@H](O)/C=C/[C@@H]1C=CC(=O)[C@H]1C/C=C\C/C=C\CCC(=O)O. The Kier molecular flexibility index (Phi) is 11.0. The molecule has 0 saturated carbocycles. The van der Waals surface area contributed by atoms with Gasteiger partial charge < -0.3 is 10.2 Å². The van der Waals surface area contributed by atoms with Gasteiger partial charge in [-0.1, -0.05) is 61.6 Å². The minimum Gasteiger partial charge on any atom is -0.481 e. The predicted molar refractivity (Wildman–Crippen MR) is 105 cm³/mol. The third-order valence-electron chi connectivity index (χ3n) is 4.17. The monoisotopic (exact) mass is 358 g/mol. The van der Waals surface area contributed by atoms with Gasteiger partial charge in [0.25, 0.3) is 0 Å². The highest BCUT2D eigenvalue weighted by Gasteiger charge is 2.27. The Balaban J connectivity index is 2.39. The molecular formula is C22H30O4. The van der Waals surface area contributed by atoms with Crippen LogP contribution < -0.4 is 0 Å². The fourth-order valence-electron chi connectivity index (χ4n) is 2.70. The molecule has 0 saturated heterocycles. The van der Waals surface area contributed by atoms with Gasteiger partial charge in [-0.15, -0.1) is 0 Å². The minimum atomic E-state index is -0.789. The van der Waals surface area contributed by atoms with Crippen molar-refractivity contribution in [3.05, 3.63) is 60.8 Å². The second-order valence-electron chi connectivity index (χ2n) is 6.36. The Hall–Kier alpha value is -2.20. The summed E-state index contributed by atoms with van der Waals surface area (Å²) in [6, 6.07) is 0. The van der Waals surface area contributed by atoms with E-state index in [1.54, 1.807) is 12.2 Å². The number of ketones is 1. The highest BCUT2D eigenvalue weighted by atomic mass is 16.4. The smallest absolute Gasteiger partial charge is 0.303 e. The largest absolute Gasteiger partial charge is 0.481 e. The molecule has 0 aliphatic heterocycles. The van der Waals surface area contributed by atoms with Crippen LogP contribution in [0, 0.1) is 11.8 Å². The molecule has 3 atom stereocenters. The van der Waals surface area contributed by atoms with E-state index in [9.17, 15) is 14.7 Å². The van der Waals surface area contributed by atoms with Crippen LogP contribution in [-0.2, 0) is 9.59 Å². The minimum absolute atomic E-state index is 0.0306. The Morgan fingerprint density at radius 1 is 1.19 bits per heavy atom. The van der Waals surface area contributed by atoms with E-state index in [0.717, 1.165) is 12.8 Å². The zero-order chi connectivity index (χ0) is 19.2. The quantitative estimate of drug-likeness (QED) is 0.507. The van der Waals surface area contributed by atoms with E-state index in [1.807, 2.05) is 48.6 Å². The average molecular weight is 358 g/mol. The standard InChI is InChI=1S/C22H30O4/c1-2-3-8-11-19(23)16-14-18-15-17-21(24)20(18)12-9-6-4-5-7-10-13-22(25)26/h3,5-9,14-20,23H,2,4,10-13H2,1H3,(H,25,26)/b7-5-,8-3-,9-6-,16-14+/t18-,19-,20+/m1/s1. The topological polar surface area (TPSA) is 74.6 Å². The first kappa shape index (κ1) is 21.8. The van der Waals surface area contributed by atoms with Crippen molar-refractivity contribution in [3.63, 3.8) is 0 Å². The van der Waals surface area contributed by atoms with E-state index in [-0.39, 0.29) is 24.0 Å². The summed E-state index contributed by atoms with van der Waals surface area (Å²) in [5.41, 5.74) is 0. The molecule has 2 N–H and O–H groups in total. The van der Waals surface area contributed by atoms with Crippen molar-refractivity contribution >= 4 is 11.8 Å². The normalized spacial score (nSPS) is 21.8. The molecule has 0 heterocycles. The van der Waals surface area contributed by atoms with Crippen molar-refractivity contribution in [1.29, 1.82) is 0 Å². The number of rotatable bonds is 12. The summed E-state index contributed by atoms with van der Waals surface area (Å²) in [6.45, 7) is 2.05. The van der Waals surface area contributed by atoms with Gasteiger partial charge in [-0.05, 0) is 38.2 Å². The molecule has 4 heteroatoms. The van der Waals surface area contributed by atoms with Gasteiger partial charge in [0.05, 0.1) is 6.10 Å². The fraction of sp³-hybridized carbons (Fsp3) is 0.455. The molecule has 0 spiro atoms. The van der Waals surface area contributed by atoms with Crippen molar-refractivity contribution in [2.75, 3.05) is 0 Å². The molecule has 142 valence electrons. The molecule has 0 aromatic heterocycles. The lowest BCUT2D eigenvalue weighted by Gasteiger charge is -2.13. The van der Waals surface area contributed by atoms with Crippen LogP contribution >= 0.6 is 0 Å². The average Bonchev–Trinajstić information content (AvgIpc) is 2.95. The number of carboxylic acid groups (broad SMARTS) is 1. The maximum Gasteiger partial charge on any atom is 0.303 e. The molecule has 0 fully saturated rings. The van der Waals surface area contributed by atoms with Gasteiger partial charge in [0.2, 0.25) is 0 Å². The maximum atomic E-state index is 12.0. The predicted octanol–water partition coefficient (Wildman–Crippen LogP) is 4.39. The third-order valence-corrected chi connectivity index (χ3v) is 4.17. The van der Waals surface area contributed by atoms with Gasteiger partial charge in [0.1, 0.15) is 0 Å². The van der Waals surface area contributed by atoms with Crippen LogP contribution in [0.3, 0.4) is 0 Å². The molecule has 1 aliphatic carbocycles. The zero-order valence-electron chi connectivity index (χ0n) is 15.5. The Morgan fingerprint density at radius 3 is 2.69 bits per heavy atom. The number of carbonyl (C=O) groups is 2. The van der Waals surface area contributed by atoms with Gasteiger partial charge in [-0.2, -0.15) is 0 Å². The summed E-state index contributed by atoms with van der Waals surface area (Å²) in [5.74, 6) is -0.732. The van der Waals surface area contributed by atoms with Crippen LogP contribution in [-0.4, -0.2) is 28.1 Å². The highest BCUT2D eigenvalue weighted by molar-refractivity contribution is 5.95. The van der Waals surface area contributed by atoms with Crippen molar-refractivity contribution in [1.82, 2.24) is 0 Å². The van der Waals surface area contributed by atoms with Crippen molar-refractivity contribution in [2.24, 2.45) is 11.8 Å². The molecule has 0 aromatic rings. The first-order valence-electron chi connectivity index (χ1n) is 9.29. The van der Waals surface area contributed by atoms with Gasteiger partial charge in [0, 0.05) is 18.3 Å². The highest BCUT2D eigenvalue weighted by Crippen LogP contribution is 2.27. The molecule has 1 aliphatic rings. The number of aliphatic carboxylic acids is 1. The Labute approximate surface area is 156 Å². The van der Waals surface area contributed by atoms with Crippen molar-refractivity contribution in [2.45, 2.75) is 51.6 Å². The van der Waals surface area contributed by atoms with E-state index < -0.39 is 12.1 Å². The number of aliphatic hydroxyl groups is 1. The number of hydrogen-bond acceptors (Lipinski definition) is 3. The van der Waals surface area contributed by atoms with Crippen LogP contribution in [0.5, 0.6) is 0 Å². The lowest BCUT2D eigenvalue weighted by Crippen LogP contribution is -2.14. The number of carbonyl (C=O) groups excluding carboxylic acids is 1. The molecule has 0 radical (unpaired) electrons. The lowest BCUT2D eigenvalue weighted by molar-refractivity contribution is -0.136. The molecule has 1 rings (SSSR count). The summed E-state index contributed by atoms with van der Waals surface area (Å²) in [6.07, 6.45) is 22.1. The van der Waals surface area contributed by atoms with Crippen LogP contribution in [0.4, 0.5) is 0 Å². The van der Waals surface area contributed by atoms with Crippen LogP contribution in [0.1, 0.15) is 45.4 Å². The number of allylic oxidation sites excluding steroid dienone is 8. The molecule has 4 nitrogen and oxygen atoms in total. The summed E-state index contributed by atoms with van der Waals surface area (Å²) in [4.78, 5) is 22.4. The van der Waals surface area contributed by atoms with Crippen LogP contribution in [0.15, 0.2) is 60.8 Å². The fourth-order valence-corrected chi connectivity index (χ4v) is 2.70. The second-order valence-corrected chi connectivity index (χ2v) is 6.36. The molecular weight excluding hydrogens is 328 g/mol. The van der Waals surface area contributed by atoms with Gasteiger partial charge in [-0.3, -0.25) is 9.59 Å². The Morgan fingerprint density at radius 2 is 1.96 bits per heavy atom. The zero-order valence-corrected chi connectivity index (χ0v) is 15.5. The maximum absolute atomic E-state index is 12.0. The van der Waals surface area contributed by atoms with E-state index >= 15 is 0 Å². The second kappa shape index (κ2) is 13.1. The van der Waals surface area contributed by atoms with Gasteiger partial charge in [0.15, 0.2) is 5.78 Å². The number of hydrogen-bond donors (Lipinski definition) is 2. The summed E-state index contributed by atoms with van der Waals surface area (Å²) >= 11 is 0. The van der Waals surface area contributed by atoms with Crippen LogP contribution in [0.2, 0.25) is 0 Å². The molecule has 26 heavy (non-hydrogen) atoms. The summed E-state index contributed by atoms with van der Waals surface area (Å²) in [5, 5.41) is 18.5. The summed E-state index contributed by atoms with van der Waals surface area (Å²) < 4.78 is 0. The molecule has 0 amide bonds. The first-order valence-corrected chi connectivity index (χ1v) is 9.29. The van der Waals surface area contributed by atoms with E-state index in [4.69, 9.17) is 5.11 Å². The molecule has 0 bridgehead atoms. The first-order chi connectivity index (χ1) is 12.5. The van der Waals surface area contributed by atoms with Crippen molar-refractivity contribution in [3.8, 4) is 0 Å². The van der Waals surface area contributed by atoms with Gasteiger partial charge >= 0.3 is 5.97 Å². The van der Waals surface area contributed by atoms with Crippen LogP contribution in [0.25, 0.3) is 0 Å². The Bertz CT molecular complexity index is 581. The number of carboxylic acids is 1.